The molecular weight excluding hydrogens is 408 g/mol. The van der Waals surface area contributed by atoms with Gasteiger partial charge in [-0.25, -0.2) is 4.89 Å². The van der Waals surface area contributed by atoms with E-state index < -0.39 is 0 Å². The Balaban J connectivity index is 1.45. The van der Waals surface area contributed by atoms with Crippen molar-refractivity contribution >= 4 is 11.3 Å². The van der Waals surface area contributed by atoms with E-state index >= 15 is 0 Å². The molecule has 0 radical (unpaired) electrons. The first-order valence-corrected chi connectivity index (χ1v) is 11.1. The number of unbranched alkanes of at least 4 members (excludes halogenated alkanes) is 1. The van der Waals surface area contributed by atoms with Gasteiger partial charge in [-0.3, -0.25) is 5.26 Å². The Morgan fingerprint density at radius 1 is 0.742 bits per heavy atom. The van der Waals surface area contributed by atoms with Crippen molar-refractivity contribution in [3.63, 3.8) is 0 Å². The van der Waals surface area contributed by atoms with Gasteiger partial charge in [0.15, 0.2) is 0 Å². The molecule has 0 saturated heterocycles. The van der Waals surface area contributed by atoms with Crippen LogP contribution < -0.4 is 4.74 Å². The minimum absolute atomic E-state index is 0.169. The van der Waals surface area contributed by atoms with E-state index in [2.05, 4.69) is 58.4 Å². The highest BCUT2D eigenvalue weighted by Crippen LogP contribution is 2.31. The molecule has 4 aromatic rings. The van der Waals surface area contributed by atoms with Crippen LogP contribution in [0.2, 0.25) is 0 Å². The molecule has 1 N–H and O–H groups in total. The second-order valence-corrected chi connectivity index (χ2v) is 8.16. The summed E-state index contributed by atoms with van der Waals surface area (Å²) in [5.74, 6) is 0.909. The maximum absolute atomic E-state index is 8.55. The van der Waals surface area contributed by atoms with Crippen LogP contribution >= 0.6 is 11.3 Å². The summed E-state index contributed by atoms with van der Waals surface area (Å²) in [5.41, 5.74) is 5.22. The molecule has 0 amide bonds. The van der Waals surface area contributed by atoms with Crippen LogP contribution in [0, 0.1) is 0 Å². The lowest BCUT2D eigenvalue weighted by atomic mass is 10.0. The van der Waals surface area contributed by atoms with Crippen LogP contribution in [0.15, 0.2) is 72.8 Å². The Hall–Kier alpha value is -3.06. The van der Waals surface area contributed by atoms with E-state index in [0.29, 0.717) is 0 Å². The fraction of sp³-hybridized carbons (Fsp3) is 0.200. The molecule has 0 spiro atoms. The molecule has 3 aromatic carbocycles. The Kier molecular flexibility index (Phi) is 7.04. The Labute approximate surface area is 185 Å². The predicted octanol–water partition coefficient (Wildman–Crippen LogP) is 6.71. The van der Waals surface area contributed by atoms with Crippen molar-refractivity contribution < 1.29 is 14.9 Å². The van der Waals surface area contributed by atoms with Crippen molar-refractivity contribution in [3.05, 3.63) is 78.4 Å². The molecule has 0 bridgehead atoms. The average Bonchev–Trinajstić information content (AvgIpc) is 3.31. The number of hydrogen-bond acceptors (Lipinski definition) is 6. The van der Waals surface area contributed by atoms with Crippen LogP contribution in [0.1, 0.15) is 25.3 Å². The fourth-order valence-corrected chi connectivity index (χ4v) is 4.01. The van der Waals surface area contributed by atoms with Gasteiger partial charge in [-0.05, 0) is 35.2 Å². The van der Waals surface area contributed by atoms with E-state index in [-0.39, 0.29) is 6.61 Å². The summed E-state index contributed by atoms with van der Waals surface area (Å²) in [6.07, 6.45) is 2.20. The average molecular weight is 433 g/mol. The van der Waals surface area contributed by atoms with Crippen molar-refractivity contribution in [1.29, 1.82) is 0 Å². The van der Waals surface area contributed by atoms with Crippen LogP contribution in [0.4, 0.5) is 0 Å². The van der Waals surface area contributed by atoms with Crippen molar-refractivity contribution in [2.45, 2.75) is 26.4 Å². The first-order valence-electron chi connectivity index (χ1n) is 10.3. The van der Waals surface area contributed by atoms with Crippen LogP contribution in [0.25, 0.3) is 32.3 Å². The van der Waals surface area contributed by atoms with E-state index in [4.69, 9.17) is 9.99 Å². The van der Waals surface area contributed by atoms with Crippen molar-refractivity contribution in [2.24, 2.45) is 0 Å². The van der Waals surface area contributed by atoms with Gasteiger partial charge in [0.05, 0.1) is 6.61 Å². The molecule has 31 heavy (non-hydrogen) atoms. The minimum Gasteiger partial charge on any atom is -0.494 e. The Bertz CT molecular complexity index is 1090. The summed E-state index contributed by atoms with van der Waals surface area (Å²) >= 11 is 1.55. The van der Waals surface area contributed by atoms with Gasteiger partial charge < -0.3 is 4.74 Å². The zero-order valence-electron chi connectivity index (χ0n) is 17.3. The topological polar surface area (TPSA) is 64.5 Å². The predicted molar refractivity (Wildman–Crippen MR) is 124 cm³/mol. The number of ether oxygens (including phenoxy) is 1. The first kappa shape index (κ1) is 21.2. The molecule has 0 fully saturated rings. The maximum atomic E-state index is 8.55. The van der Waals surface area contributed by atoms with E-state index in [9.17, 15) is 0 Å². The number of benzene rings is 3. The number of hydrogen-bond donors (Lipinski definition) is 1. The van der Waals surface area contributed by atoms with E-state index in [1.807, 2.05) is 36.4 Å². The van der Waals surface area contributed by atoms with Gasteiger partial charge in [0.2, 0.25) is 0 Å². The summed E-state index contributed by atoms with van der Waals surface area (Å²) in [6.45, 7) is 3.09. The molecule has 4 rings (SSSR count). The van der Waals surface area contributed by atoms with Crippen LogP contribution in [-0.2, 0) is 11.5 Å². The van der Waals surface area contributed by atoms with Crippen LogP contribution in [0.5, 0.6) is 5.75 Å². The van der Waals surface area contributed by atoms with E-state index in [0.717, 1.165) is 63.0 Å². The lowest BCUT2D eigenvalue weighted by Gasteiger charge is -2.07. The summed E-state index contributed by atoms with van der Waals surface area (Å²) in [7, 11) is 0. The number of nitrogens with zero attached hydrogens (tertiary/aromatic N) is 2. The van der Waals surface area contributed by atoms with Gasteiger partial charge in [0.1, 0.15) is 22.4 Å². The van der Waals surface area contributed by atoms with Gasteiger partial charge in [-0.1, -0.05) is 85.3 Å². The summed E-state index contributed by atoms with van der Waals surface area (Å²) < 4.78 is 5.74. The van der Waals surface area contributed by atoms with Gasteiger partial charge >= 0.3 is 0 Å². The van der Waals surface area contributed by atoms with Gasteiger partial charge in [0, 0.05) is 11.1 Å². The molecule has 6 heteroatoms. The van der Waals surface area contributed by atoms with Crippen molar-refractivity contribution in [1.82, 2.24) is 10.2 Å². The van der Waals surface area contributed by atoms with Crippen molar-refractivity contribution in [2.75, 3.05) is 6.61 Å². The second-order valence-electron chi connectivity index (χ2n) is 7.19. The molecule has 1 aromatic heterocycles. The molecular formula is C25H24N2O3S. The third-order valence-corrected chi connectivity index (χ3v) is 5.96. The highest BCUT2D eigenvalue weighted by molar-refractivity contribution is 7.17. The summed E-state index contributed by atoms with van der Waals surface area (Å²) in [4.78, 5) is 4.17. The smallest absolute Gasteiger partial charge is 0.148 e. The second kappa shape index (κ2) is 10.3. The Morgan fingerprint density at radius 3 is 1.81 bits per heavy atom. The summed E-state index contributed by atoms with van der Waals surface area (Å²) in [5, 5.41) is 19.0. The molecule has 0 aliphatic heterocycles. The molecule has 1 heterocycles. The highest BCUT2D eigenvalue weighted by Gasteiger charge is 2.09. The largest absolute Gasteiger partial charge is 0.494 e. The Morgan fingerprint density at radius 2 is 1.26 bits per heavy atom. The third kappa shape index (κ3) is 5.35. The quantitative estimate of drug-likeness (QED) is 0.181. The molecule has 0 aliphatic carbocycles. The van der Waals surface area contributed by atoms with E-state index in [1.165, 1.54) is 0 Å². The normalized spacial score (nSPS) is 10.9. The third-order valence-electron chi connectivity index (χ3n) is 4.94. The van der Waals surface area contributed by atoms with Crippen LogP contribution in [-0.4, -0.2) is 22.1 Å². The van der Waals surface area contributed by atoms with E-state index in [1.54, 1.807) is 11.3 Å². The molecule has 0 saturated carbocycles. The summed E-state index contributed by atoms with van der Waals surface area (Å²) in [6, 6.07) is 24.3. The van der Waals surface area contributed by atoms with Gasteiger partial charge in [0.25, 0.3) is 0 Å². The lowest BCUT2D eigenvalue weighted by Crippen LogP contribution is -1.95. The minimum atomic E-state index is 0.169. The number of aromatic nitrogens is 2. The van der Waals surface area contributed by atoms with Gasteiger partial charge in [-0.2, -0.15) is 0 Å². The van der Waals surface area contributed by atoms with Gasteiger partial charge in [-0.15, -0.1) is 10.2 Å². The number of rotatable bonds is 9. The zero-order valence-corrected chi connectivity index (χ0v) is 18.1. The molecule has 0 unspecified atom stereocenters. The molecule has 158 valence electrons. The molecule has 5 nitrogen and oxygen atoms in total. The lowest BCUT2D eigenvalue weighted by molar-refractivity contribution is -0.253. The zero-order chi connectivity index (χ0) is 21.5. The maximum Gasteiger partial charge on any atom is 0.148 e. The highest BCUT2D eigenvalue weighted by atomic mass is 32.1. The van der Waals surface area contributed by atoms with Crippen LogP contribution in [0.3, 0.4) is 0 Å². The first-order chi connectivity index (χ1) is 15.3. The molecule has 0 aliphatic rings. The van der Waals surface area contributed by atoms with Crippen molar-refractivity contribution in [3.8, 4) is 38.0 Å². The molecule has 0 atom stereocenters. The monoisotopic (exact) mass is 432 g/mol. The standard InChI is InChI=1S/C25H24N2O3S/c1-2-3-16-29-23-14-12-20(13-15-23)19-8-10-22(11-9-19)25-27-26-24(31-25)21-6-4-18(5-7-21)17-30-28/h4-15,28H,2-3,16-17H2,1H3. The SMILES string of the molecule is CCCCOc1ccc(-c2ccc(-c3nnc(-c4ccc(COO)cc4)s3)cc2)cc1. The fourth-order valence-electron chi connectivity index (χ4n) is 3.16.